The molecule has 0 spiro atoms. The van der Waals surface area contributed by atoms with Gasteiger partial charge < -0.3 is 16.2 Å². The van der Waals surface area contributed by atoms with Crippen LogP contribution >= 0.6 is 0 Å². The Morgan fingerprint density at radius 3 is 2.31 bits per heavy atom. The predicted molar refractivity (Wildman–Crippen MR) is 52.6 cm³/mol. The van der Waals surface area contributed by atoms with Gasteiger partial charge in [0, 0.05) is 6.54 Å². The third kappa shape index (κ3) is 4.85. The van der Waals surface area contributed by atoms with E-state index in [1.165, 1.54) is 0 Å². The van der Waals surface area contributed by atoms with E-state index in [1.807, 2.05) is 0 Å². The molecule has 0 amide bonds. The maximum absolute atomic E-state index is 10.6. The molecule has 4 nitrogen and oxygen atoms in total. The van der Waals surface area contributed by atoms with Crippen LogP contribution in [-0.2, 0) is 4.79 Å². The molecule has 4 N–H and O–H groups in total. The lowest BCUT2D eigenvalue weighted by atomic mass is 10.0. The molecule has 0 radical (unpaired) electrons. The molecule has 78 valence electrons. The highest BCUT2D eigenvalue weighted by Gasteiger charge is 2.15. The summed E-state index contributed by atoms with van der Waals surface area (Å²) in [7, 11) is 0. The Labute approximate surface area is 79.5 Å². The van der Waals surface area contributed by atoms with Gasteiger partial charge in [-0.3, -0.25) is 4.79 Å². The first kappa shape index (κ1) is 12.4. The third-order valence-corrected chi connectivity index (χ3v) is 2.34. The normalized spacial score (nSPS) is 13.2. The molecule has 0 aliphatic heterocycles. The van der Waals surface area contributed by atoms with E-state index in [9.17, 15) is 4.79 Å². The first-order valence-corrected chi connectivity index (χ1v) is 4.81. The zero-order chi connectivity index (χ0) is 10.3. The average molecular weight is 188 g/mol. The van der Waals surface area contributed by atoms with Gasteiger partial charge in [0.1, 0.15) is 6.04 Å². The van der Waals surface area contributed by atoms with Crippen molar-refractivity contribution in [2.24, 2.45) is 11.7 Å². The minimum Gasteiger partial charge on any atom is -0.480 e. The third-order valence-electron chi connectivity index (χ3n) is 2.34. The molecule has 0 saturated carbocycles. The molecule has 13 heavy (non-hydrogen) atoms. The van der Waals surface area contributed by atoms with Crippen LogP contribution in [0.25, 0.3) is 0 Å². The van der Waals surface area contributed by atoms with Crippen molar-refractivity contribution in [3.8, 4) is 0 Å². The van der Waals surface area contributed by atoms with Gasteiger partial charge in [-0.15, -0.1) is 0 Å². The molecule has 0 aromatic rings. The van der Waals surface area contributed by atoms with Crippen LogP contribution in [0.1, 0.15) is 26.7 Å². The minimum atomic E-state index is -0.867. The lowest BCUT2D eigenvalue weighted by molar-refractivity contribution is -0.139. The quantitative estimate of drug-likeness (QED) is 0.541. The zero-order valence-corrected chi connectivity index (χ0v) is 8.42. The summed E-state index contributed by atoms with van der Waals surface area (Å²) in [6, 6.07) is -0.597. The summed E-state index contributed by atoms with van der Waals surface area (Å²) >= 11 is 0. The van der Waals surface area contributed by atoms with Gasteiger partial charge >= 0.3 is 5.97 Å². The summed E-state index contributed by atoms with van der Waals surface area (Å²) in [6.45, 7) is 5.10. The molecular weight excluding hydrogens is 168 g/mol. The molecule has 1 unspecified atom stereocenters. The monoisotopic (exact) mass is 188 g/mol. The number of hydrogen-bond donors (Lipinski definition) is 3. The summed E-state index contributed by atoms with van der Waals surface area (Å²) < 4.78 is 0. The number of hydrogen-bond acceptors (Lipinski definition) is 3. The topological polar surface area (TPSA) is 75.3 Å². The number of nitrogens with one attached hydrogen (secondary N) is 1. The van der Waals surface area contributed by atoms with Crippen LogP contribution in [0.15, 0.2) is 0 Å². The van der Waals surface area contributed by atoms with Crippen molar-refractivity contribution in [1.82, 2.24) is 5.32 Å². The fraction of sp³-hybridized carbons (Fsp3) is 0.889. The van der Waals surface area contributed by atoms with Crippen LogP contribution in [0.2, 0.25) is 0 Å². The molecule has 0 bridgehead atoms. The zero-order valence-electron chi connectivity index (χ0n) is 8.42. The number of nitrogens with two attached hydrogens (primary N) is 1. The molecule has 0 heterocycles. The number of rotatable bonds is 7. The lowest BCUT2D eigenvalue weighted by Gasteiger charge is -2.17. The van der Waals surface area contributed by atoms with E-state index in [1.54, 1.807) is 0 Å². The smallest absolute Gasteiger partial charge is 0.322 e. The van der Waals surface area contributed by atoms with Crippen molar-refractivity contribution >= 4 is 5.97 Å². The molecular formula is C9H20N2O2. The summed E-state index contributed by atoms with van der Waals surface area (Å²) in [5, 5.41) is 11.6. The van der Waals surface area contributed by atoms with Crippen molar-refractivity contribution in [2.45, 2.75) is 32.7 Å². The van der Waals surface area contributed by atoms with Gasteiger partial charge in [0.25, 0.3) is 0 Å². The molecule has 0 rings (SSSR count). The van der Waals surface area contributed by atoms with Crippen molar-refractivity contribution in [3.05, 3.63) is 0 Å². The van der Waals surface area contributed by atoms with Crippen molar-refractivity contribution in [3.63, 3.8) is 0 Å². The Bertz CT molecular complexity index is 147. The molecule has 4 heteroatoms. The number of carboxylic acid groups (broad SMARTS) is 1. The number of carbonyl (C=O) groups is 1. The Morgan fingerprint density at radius 1 is 1.46 bits per heavy atom. The fourth-order valence-electron chi connectivity index (χ4n) is 1.16. The second-order valence-corrected chi connectivity index (χ2v) is 3.22. The number of aliphatic carboxylic acids is 1. The van der Waals surface area contributed by atoms with Gasteiger partial charge in [0.15, 0.2) is 0 Å². The van der Waals surface area contributed by atoms with Crippen LogP contribution < -0.4 is 11.1 Å². The molecule has 0 aromatic carbocycles. The Hall–Kier alpha value is -0.610. The molecule has 1 atom stereocenters. The van der Waals surface area contributed by atoms with Crippen molar-refractivity contribution in [1.29, 1.82) is 0 Å². The van der Waals surface area contributed by atoms with Gasteiger partial charge in [-0.05, 0) is 12.5 Å². The molecule has 0 saturated heterocycles. The SMILES string of the molecule is CCC(CC)CNC(CN)C(=O)O. The predicted octanol–water partition coefficient (Wildman–Crippen LogP) is 0.424. The standard InChI is InChI=1S/C9H20N2O2/c1-3-7(4-2)6-11-8(5-10)9(12)13/h7-8,11H,3-6,10H2,1-2H3,(H,12,13). The van der Waals surface area contributed by atoms with Crippen LogP contribution in [-0.4, -0.2) is 30.2 Å². The van der Waals surface area contributed by atoms with E-state index in [4.69, 9.17) is 10.8 Å². The fourth-order valence-corrected chi connectivity index (χ4v) is 1.16. The van der Waals surface area contributed by atoms with E-state index in [2.05, 4.69) is 19.2 Å². The Kier molecular flexibility index (Phi) is 6.54. The van der Waals surface area contributed by atoms with Crippen molar-refractivity contribution < 1.29 is 9.90 Å². The van der Waals surface area contributed by atoms with Crippen molar-refractivity contribution in [2.75, 3.05) is 13.1 Å². The summed E-state index contributed by atoms with van der Waals surface area (Å²) in [4.78, 5) is 10.6. The first-order valence-electron chi connectivity index (χ1n) is 4.81. The van der Waals surface area contributed by atoms with Gasteiger partial charge in [0.2, 0.25) is 0 Å². The lowest BCUT2D eigenvalue weighted by Crippen LogP contribution is -2.44. The molecule has 0 aliphatic carbocycles. The van der Waals surface area contributed by atoms with E-state index in [-0.39, 0.29) is 6.54 Å². The summed E-state index contributed by atoms with van der Waals surface area (Å²) in [5.41, 5.74) is 5.30. The van der Waals surface area contributed by atoms with Gasteiger partial charge in [-0.25, -0.2) is 0 Å². The van der Waals surface area contributed by atoms with Crippen LogP contribution in [0, 0.1) is 5.92 Å². The van der Waals surface area contributed by atoms with E-state index < -0.39 is 12.0 Å². The second-order valence-electron chi connectivity index (χ2n) is 3.22. The average Bonchev–Trinajstić information content (AvgIpc) is 2.12. The van der Waals surface area contributed by atoms with Gasteiger partial charge in [-0.1, -0.05) is 26.7 Å². The maximum Gasteiger partial charge on any atom is 0.322 e. The summed E-state index contributed by atoms with van der Waals surface area (Å²) in [6.07, 6.45) is 2.14. The highest BCUT2D eigenvalue weighted by molar-refractivity contribution is 5.73. The largest absolute Gasteiger partial charge is 0.480 e. The van der Waals surface area contributed by atoms with Crippen LogP contribution in [0.5, 0.6) is 0 Å². The first-order chi connectivity index (χ1) is 6.15. The Morgan fingerprint density at radius 2 is 2.00 bits per heavy atom. The molecule has 0 aliphatic rings. The minimum absolute atomic E-state index is 0.148. The van der Waals surface area contributed by atoms with E-state index in [0.717, 1.165) is 19.4 Å². The van der Waals surface area contributed by atoms with Gasteiger partial charge in [-0.2, -0.15) is 0 Å². The van der Waals surface area contributed by atoms with Crippen LogP contribution in [0.3, 0.4) is 0 Å². The Balaban J connectivity index is 3.76. The van der Waals surface area contributed by atoms with E-state index in [0.29, 0.717) is 5.92 Å². The molecule has 0 aromatic heterocycles. The molecule has 0 fully saturated rings. The number of carboxylic acids is 1. The second kappa shape index (κ2) is 6.86. The van der Waals surface area contributed by atoms with E-state index >= 15 is 0 Å². The highest BCUT2D eigenvalue weighted by atomic mass is 16.4. The van der Waals surface area contributed by atoms with Crippen LogP contribution in [0.4, 0.5) is 0 Å². The maximum atomic E-state index is 10.6. The summed E-state index contributed by atoms with van der Waals surface area (Å²) in [5.74, 6) is -0.318. The highest BCUT2D eigenvalue weighted by Crippen LogP contribution is 2.05. The van der Waals surface area contributed by atoms with Gasteiger partial charge in [0.05, 0.1) is 0 Å².